The zero-order valence-electron chi connectivity index (χ0n) is 12.1. The highest BCUT2D eigenvalue weighted by molar-refractivity contribution is 8.00. The lowest BCUT2D eigenvalue weighted by molar-refractivity contribution is 0.196. The Bertz CT molecular complexity index is 396. The zero-order chi connectivity index (χ0) is 14.4. The molecular weight excluding hydrogens is 261 g/mol. The standard InChI is InChI=1S/C15H24FNOS/c1-10(2)8-17-9-13-6-5-7-14(16)15(13)19-12(4)11(3)18/h5-7,10-12,17-18H,8-9H2,1-4H3. The second kappa shape index (κ2) is 7.88. The molecule has 1 rings (SSSR count). The molecule has 0 aromatic heterocycles. The van der Waals surface area contributed by atoms with Crippen LogP contribution < -0.4 is 5.32 Å². The first-order valence-corrected chi connectivity index (χ1v) is 7.62. The molecule has 0 radical (unpaired) electrons. The molecule has 0 saturated carbocycles. The van der Waals surface area contributed by atoms with Crippen molar-refractivity contribution < 1.29 is 9.50 Å². The van der Waals surface area contributed by atoms with Gasteiger partial charge in [-0.05, 0) is 31.0 Å². The molecule has 4 heteroatoms. The van der Waals surface area contributed by atoms with Crippen molar-refractivity contribution in [2.75, 3.05) is 6.54 Å². The van der Waals surface area contributed by atoms with Crippen molar-refractivity contribution in [3.8, 4) is 0 Å². The molecule has 0 aliphatic heterocycles. The minimum Gasteiger partial charge on any atom is -0.392 e. The lowest BCUT2D eigenvalue weighted by Gasteiger charge is -2.18. The quantitative estimate of drug-likeness (QED) is 0.753. The van der Waals surface area contributed by atoms with E-state index in [0.717, 1.165) is 12.1 Å². The summed E-state index contributed by atoms with van der Waals surface area (Å²) in [6.45, 7) is 9.49. The number of hydrogen-bond acceptors (Lipinski definition) is 3. The molecule has 1 aromatic carbocycles. The van der Waals surface area contributed by atoms with Gasteiger partial charge in [0.25, 0.3) is 0 Å². The number of thioether (sulfide) groups is 1. The van der Waals surface area contributed by atoms with E-state index in [0.29, 0.717) is 17.4 Å². The molecule has 0 aliphatic rings. The van der Waals surface area contributed by atoms with Crippen LogP contribution in [0.1, 0.15) is 33.3 Å². The van der Waals surface area contributed by atoms with Crippen LogP contribution in [-0.4, -0.2) is 23.0 Å². The monoisotopic (exact) mass is 285 g/mol. The Morgan fingerprint density at radius 3 is 2.53 bits per heavy atom. The average Bonchev–Trinajstić information content (AvgIpc) is 2.32. The predicted molar refractivity (Wildman–Crippen MR) is 79.9 cm³/mol. The summed E-state index contributed by atoms with van der Waals surface area (Å²) < 4.78 is 13.9. The van der Waals surface area contributed by atoms with Crippen LogP contribution in [0.15, 0.2) is 23.1 Å². The molecule has 0 fully saturated rings. The van der Waals surface area contributed by atoms with Crippen LogP contribution >= 0.6 is 11.8 Å². The highest BCUT2D eigenvalue weighted by Crippen LogP contribution is 2.31. The Kier molecular flexibility index (Phi) is 6.83. The summed E-state index contributed by atoms with van der Waals surface area (Å²) in [6.07, 6.45) is -0.457. The summed E-state index contributed by atoms with van der Waals surface area (Å²) in [7, 11) is 0. The fraction of sp³-hybridized carbons (Fsp3) is 0.600. The van der Waals surface area contributed by atoms with Gasteiger partial charge in [-0.3, -0.25) is 0 Å². The van der Waals surface area contributed by atoms with E-state index in [2.05, 4.69) is 19.2 Å². The summed E-state index contributed by atoms with van der Waals surface area (Å²) in [5, 5.41) is 12.9. The molecule has 2 unspecified atom stereocenters. The largest absolute Gasteiger partial charge is 0.392 e. The van der Waals surface area contributed by atoms with Crippen LogP contribution in [0.2, 0.25) is 0 Å². The van der Waals surface area contributed by atoms with Crippen molar-refractivity contribution >= 4 is 11.8 Å². The van der Waals surface area contributed by atoms with Crippen molar-refractivity contribution in [1.82, 2.24) is 5.32 Å². The first kappa shape index (κ1) is 16.5. The van der Waals surface area contributed by atoms with Crippen molar-refractivity contribution in [2.45, 2.75) is 50.5 Å². The number of hydrogen-bond donors (Lipinski definition) is 2. The summed E-state index contributed by atoms with van der Waals surface area (Å²) in [5.74, 6) is 0.363. The molecule has 0 bridgehead atoms. The molecule has 0 saturated heterocycles. The van der Waals surface area contributed by atoms with Gasteiger partial charge in [-0.25, -0.2) is 4.39 Å². The van der Waals surface area contributed by atoms with Crippen LogP contribution in [0.4, 0.5) is 4.39 Å². The molecule has 0 amide bonds. The first-order valence-electron chi connectivity index (χ1n) is 6.74. The molecule has 0 heterocycles. The minimum atomic E-state index is -0.457. The van der Waals surface area contributed by atoms with Crippen LogP contribution in [0.25, 0.3) is 0 Å². The fourth-order valence-corrected chi connectivity index (χ4v) is 2.65. The highest BCUT2D eigenvalue weighted by atomic mass is 32.2. The molecule has 0 spiro atoms. The second-order valence-corrected chi connectivity index (χ2v) is 6.70. The highest BCUT2D eigenvalue weighted by Gasteiger charge is 2.16. The third-order valence-corrected chi connectivity index (χ3v) is 4.36. The number of halogens is 1. The normalized spacial score (nSPS) is 14.7. The van der Waals surface area contributed by atoms with E-state index in [9.17, 15) is 9.50 Å². The van der Waals surface area contributed by atoms with E-state index >= 15 is 0 Å². The molecule has 2 nitrogen and oxygen atoms in total. The van der Waals surface area contributed by atoms with Gasteiger partial charge in [-0.2, -0.15) is 0 Å². The van der Waals surface area contributed by atoms with Crippen LogP contribution in [0.3, 0.4) is 0 Å². The number of benzene rings is 1. The number of nitrogens with one attached hydrogen (secondary N) is 1. The number of rotatable bonds is 7. The van der Waals surface area contributed by atoms with Crippen molar-refractivity contribution in [3.63, 3.8) is 0 Å². The van der Waals surface area contributed by atoms with E-state index in [1.165, 1.54) is 17.8 Å². The van der Waals surface area contributed by atoms with Crippen LogP contribution in [-0.2, 0) is 6.54 Å². The Balaban J connectivity index is 2.77. The van der Waals surface area contributed by atoms with Gasteiger partial charge in [0.05, 0.1) is 6.10 Å². The smallest absolute Gasteiger partial charge is 0.137 e. The third-order valence-electron chi connectivity index (χ3n) is 2.90. The van der Waals surface area contributed by atoms with Gasteiger partial charge >= 0.3 is 0 Å². The van der Waals surface area contributed by atoms with Crippen molar-refractivity contribution in [3.05, 3.63) is 29.6 Å². The van der Waals surface area contributed by atoms with E-state index < -0.39 is 6.10 Å². The third kappa shape index (κ3) is 5.51. The molecular formula is C15H24FNOS. The zero-order valence-corrected chi connectivity index (χ0v) is 12.9. The van der Waals surface area contributed by atoms with Gasteiger partial charge in [0.2, 0.25) is 0 Å². The van der Waals surface area contributed by atoms with E-state index in [1.807, 2.05) is 13.0 Å². The Morgan fingerprint density at radius 2 is 1.95 bits per heavy atom. The summed E-state index contributed by atoms with van der Waals surface area (Å²) in [4.78, 5) is 0.646. The fourth-order valence-electron chi connectivity index (χ4n) is 1.60. The van der Waals surface area contributed by atoms with E-state index in [4.69, 9.17) is 0 Å². The molecule has 19 heavy (non-hydrogen) atoms. The van der Waals surface area contributed by atoms with Gasteiger partial charge in [-0.15, -0.1) is 11.8 Å². The number of aliphatic hydroxyl groups excluding tert-OH is 1. The summed E-state index contributed by atoms with van der Waals surface area (Å²) in [6, 6.07) is 5.15. The molecule has 1 aromatic rings. The average molecular weight is 285 g/mol. The van der Waals surface area contributed by atoms with Crippen molar-refractivity contribution in [1.29, 1.82) is 0 Å². The topological polar surface area (TPSA) is 32.3 Å². The lowest BCUT2D eigenvalue weighted by atomic mass is 10.2. The number of aliphatic hydroxyl groups is 1. The van der Waals surface area contributed by atoms with Gasteiger partial charge in [-0.1, -0.05) is 32.9 Å². The summed E-state index contributed by atoms with van der Waals surface area (Å²) >= 11 is 1.40. The molecule has 2 N–H and O–H groups in total. The molecule has 0 aliphatic carbocycles. The Labute approximate surface area is 119 Å². The minimum absolute atomic E-state index is 0.0271. The molecule has 2 atom stereocenters. The van der Waals surface area contributed by atoms with Gasteiger partial charge in [0.1, 0.15) is 5.82 Å². The lowest BCUT2D eigenvalue weighted by Crippen LogP contribution is -2.20. The van der Waals surface area contributed by atoms with Crippen LogP contribution in [0.5, 0.6) is 0 Å². The van der Waals surface area contributed by atoms with Crippen LogP contribution in [0, 0.1) is 11.7 Å². The molecule has 108 valence electrons. The van der Waals surface area contributed by atoms with Crippen molar-refractivity contribution in [2.24, 2.45) is 5.92 Å². The maximum Gasteiger partial charge on any atom is 0.137 e. The van der Waals surface area contributed by atoms with E-state index in [1.54, 1.807) is 13.0 Å². The van der Waals surface area contributed by atoms with Gasteiger partial charge in [0.15, 0.2) is 0 Å². The maximum absolute atomic E-state index is 13.9. The van der Waals surface area contributed by atoms with Gasteiger partial charge in [0, 0.05) is 16.7 Å². The second-order valence-electron chi connectivity index (χ2n) is 5.32. The van der Waals surface area contributed by atoms with E-state index in [-0.39, 0.29) is 11.1 Å². The maximum atomic E-state index is 13.9. The predicted octanol–water partition coefficient (Wildman–Crippen LogP) is 3.43. The summed E-state index contributed by atoms with van der Waals surface area (Å²) in [5.41, 5.74) is 0.957. The Hall–Kier alpha value is -0.580. The Morgan fingerprint density at radius 1 is 1.26 bits per heavy atom. The SMILES string of the molecule is CC(C)CNCc1cccc(F)c1SC(C)C(C)O. The first-order chi connectivity index (χ1) is 8.91. The van der Waals surface area contributed by atoms with Gasteiger partial charge < -0.3 is 10.4 Å².